The molecular weight excluding hydrogens is 250 g/mol. The highest BCUT2D eigenvalue weighted by Gasteiger charge is 2.29. The van der Waals surface area contributed by atoms with E-state index in [9.17, 15) is 0 Å². The average Bonchev–Trinajstić information content (AvgIpc) is 3.10. The monoisotopic (exact) mass is 267 g/mol. The van der Waals surface area contributed by atoms with Gasteiger partial charge >= 0.3 is 0 Å². The summed E-state index contributed by atoms with van der Waals surface area (Å²) in [7, 11) is 1.76. The van der Waals surface area contributed by atoms with Gasteiger partial charge in [-0.05, 0) is 19.3 Å². The lowest BCUT2D eigenvalue weighted by atomic mass is 10.1. The highest BCUT2D eigenvalue weighted by atomic mass is 35.5. The van der Waals surface area contributed by atoms with E-state index in [1.807, 2.05) is 6.07 Å². The molecule has 5 heteroatoms. The average molecular weight is 268 g/mol. The van der Waals surface area contributed by atoms with Gasteiger partial charge in [-0.3, -0.25) is 0 Å². The molecule has 1 unspecified atom stereocenters. The largest absolute Gasteiger partial charge is 0.384 e. The van der Waals surface area contributed by atoms with E-state index in [1.54, 1.807) is 7.11 Å². The number of methoxy groups -OCH3 is 1. The van der Waals surface area contributed by atoms with E-state index >= 15 is 0 Å². The zero-order valence-electron chi connectivity index (χ0n) is 10.6. The third-order valence-corrected chi connectivity index (χ3v) is 3.85. The van der Waals surface area contributed by atoms with Gasteiger partial charge in [-0.2, -0.15) is 0 Å². The lowest BCUT2D eigenvalue weighted by molar-refractivity contribution is 0.161. The van der Waals surface area contributed by atoms with Crippen molar-refractivity contribution >= 4 is 17.4 Å². The van der Waals surface area contributed by atoms with Gasteiger partial charge in [-0.25, -0.2) is 9.97 Å². The molecule has 2 fully saturated rings. The minimum atomic E-state index is 0.542. The van der Waals surface area contributed by atoms with Crippen LogP contribution in [-0.4, -0.2) is 36.8 Å². The topological polar surface area (TPSA) is 38.2 Å². The van der Waals surface area contributed by atoms with Gasteiger partial charge in [0.2, 0.25) is 0 Å². The fraction of sp³-hybridized carbons (Fsp3) is 0.692. The van der Waals surface area contributed by atoms with Gasteiger partial charge < -0.3 is 9.64 Å². The lowest BCUT2D eigenvalue weighted by Crippen LogP contribution is -2.22. The molecule has 1 aliphatic carbocycles. The Hall–Kier alpha value is -0.870. The molecule has 4 nitrogen and oxygen atoms in total. The first-order chi connectivity index (χ1) is 8.76. The summed E-state index contributed by atoms with van der Waals surface area (Å²) in [5.41, 5.74) is 0. The van der Waals surface area contributed by atoms with Gasteiger partial charge in [0, 0.05) is 38.1 Å². The number of rotatable bonds is 4. The molecule has 1 aromatic rings. The normalized spacial score (nSPS) is 23.7. The van der Waals surface area contributed by atoms with Gasteiger partial charge in [-0.15, -0.1) is 0 Å². The summed E-state index contributed by atoms with van der Waals surface area (Å²) in [5.74, 6) is 3.05. The van der Waals surface area contributed by atoms with Crippen molar-refractivity contribution in [3.63, 3.8) is 0 Å². The molecule has 2 aliphatic rings. The van der Waals surface area contributed by atoms with Crippen LogP contribution in [0.15, 0.2) is 6.07 Å². The van der Waals surface area contributed by atoms with Crippen molar-refractivity contribution in [3.05, 3.63) is 17.0 Å². The number of anilines is 1. The van der Waals surface area contributed by atoms with E-state index in [-0.39, 0.29) is 0 Å². The van der Waals surface area contributed by atoms with Crippen LogP contribution in [0.5, 0.6) is 0 Å². The Balaban J connectivity index is 1.75. The molecule has 0 bridgehead atoms. The molecule has 1 atom stereocenters. The van der Waals surface area contributed by atoms with Crippen molar-refractivity contribution in [3.8, 4) is 0 Å². The van der Waals surface area contributed by atoms with Crippen LogP contribution in [-0.2, 0) is 4.74 Å². The lowest BCUT2D eigenvalue weighted by Gasteiger charge is -2.18. The summed E-state index contributed by atoms with van der Waals surface area (Å²) in [4.78, 5) is 11.3. The van der Waals surface area contributed by atoms with Gasteiger partial charge in [-0.1, -0.05) is 11.6 Å². The predicted molar refractivity (Wildman–Crippen MR) is 71.2 cm³/mol. The van der Waals surface area contributed by atoms with Crippen LogP contribution in [0.3, 0.4) is 0 Å². The number of ether oxygens (including phenoxy) is 1. The quantitative estimate of drug-likeness (QED) is 0.786. The maximum atomic E-state index is 6.10. The van der Waals surface area contributed by atoms with Crippen molar-refractivity contribution in [1.82, 2.24) is 9.97 Å². The van der Waals surface area contributed by atoms with Crippen LogP contribution in [0, 0.1) is 5.92 Å². The van der Waals surface area contributed by atoms with Crippen LogP contribution in [0.2, 0.25) is 5.15 Å². The van der Waals surface area contributed by atoms with Crippen molar-refractivity contribution in [2.24, 2.45) is 5.92 Å². The molecular formula is C13H18ClN3O. The number of aromatic nitrogens is 2. The van der Waals surface area contributed by atoms with Crippen LogP contribution >= 0.6 is 11.6 Å². The van der Waals surface area contributed by atoms with E-state index in [2.05, 4.69) is 14.9 Å². The van der Waals surface area contributed by atoms with Gasteiger partial charge in [0.1, 0.15) is 16.8 Å². The van der Waals surface area contributed by atoms with Crippen LogP contribution < -0.4 is 4.90 Å². The van der Waals surface area contributed by atoms with Crippen LogP contribution in [0.1, 0.15) is 31.0 Å². The zero-order valence-corrected chi connectivity index (χ0v) is 11.4. The third kappa shape index (κ3) is 2.59. The second kappa shape index (κ2) is 5.02. The minimum Gasteiger partial charge on any atom is -0.384 e. The molecule has 18 heavy (non-hydrogen) atoms. The fourth-order valence-corrected chi connectivity index (χ4v) is 2.71. The van der Waals surface area contributed by atoms with E-state index in [0.717, 1.165) is 37.8 Å². The molecule has 2 heterocycles. The zero-order chi connectivity index (χ0) is 12.5. The maximum Gasteiger partial charge on any atom is 0.135 e. The number of nitrogens with zero attached hydrogens (tertiary/aromatic N) is 3. The first-order valence-electron chi connectivity index (χ1n) is 6.54. The molecule has 0 spiro atoms. The summed E-state index contributed by atoms with van der Waals surface area (Å²) in [5, 5.41) is 0.567. The van der Waals surface area contributed by atoms with Crippen LogP contribution in [0.4, 0.5) is 5.82 Å². The third-order valence-electron chi connectivity index (χ3n) is 3.65. The molecule has 1 aliphatic heterocycles. The Morgan fingerprint density at radius 3 is 2.94 bits per heavy atom. The predicted octanol–water partition coefficient (Wildman–Crippen LogP) is 2.48. The molecule has 0 radical (unpaired) electrons. The Morgan fingerprint density at radius 2 is 2.22 bits per heavy atom. The molecule has 1 saturated heterocycles. The Bertz CT molecular complexity index is 436. The van der Waals surface area contributed by atoms with E-state index in [0.29, 0.717) is 17.0 Å². The first kappa shape index (κ1) is 12.2. The molecule has 98 valence electrons. The smallest absolute Gasteiger partial charge is 0.135 e. The molecule has 3 rings (SSSR count). The molecule has 0 amide bonds. The van der Waals surface area contributed by atoms with Crippen LogP contribution in [0.25, 0.3) is 0 Å². The summed E-state index contributed by atoms with van der Waals surface area (Å²) in [6, 6.07) is 1.88. The van der Waals surface area contributed by atoms with E-state index in [4.69, 9.17) is 16.3 Å². The minimum absolute atomic E-state index is 0.542. The van der Waals surface area contributed by atoms with Crippen molar-refractivity contribution in [2.45, 2.75) is 25.2 Å². The SMILES string of the molecule is COCC1CCN(c2cc(Cl)nc(C3CC3)n2)C1. The van der Waals surface area contributed by atoms with Crippen molar-refractivity contribution < 1.29 is 4.74 Å². The van der Waals surface area contributed by atoms with Crippen molar-refractivity contribution in [1.29, 1.82) is 0 Å². The summed E-state index contributed by atoms with van der Waals surface area (Å²) < 4.78 is 5.22. The Morgan fingerprint density at radius 1 is 1.39 bits per heavy atom. The highest BCUT2D eigenvalue weighted by Crippen LogP contribution is 2.39. The van der Waals surface area contributed by atoms with Crippen molar-refractivity contribution in [2.75, 3.05) is 31.7 Å². The van der Waals surface area contributed by atoms with Gasteiger partial charge in [0.05, 0.1) is 6.61 Å². The van der Waals surface area contributed by atoms with Gasteiger partial charge in [0.25, 0.3) is 0 Å². The number of halogens is 1. The van der Waals surface area contributed by atoms with E-state index < -0.39 is 0 Å². The Labute approximate surface area is 112 Å². The summed E-state index contributed by atoms with van der Waals surface area (Å²) >= 11 is 6.10. The molecule has 1 saturated carbocycles. The number of hydrogen-bond donors (Lipinski definition) is 0. The summed E-state index contributed by atoms with van der Waals surface area (Å²) in [6.45, 7) is 2.86. The highest BCUT2D eigenvalue weighted by molar-refractivity contribution is 6.29. The fourth-order valence-electron chi connectivity index (χ4n) is 2.52. The maximum absolute atomic E-state index is 6.10. The molecule has 0 N–H and O–H groups in total. The second-order valence-corrected chi connectivity index (χ2v) is 5.62. The first-order valence-corrected chi connectivity index (χ1v) is 6.92. The second-order valence-electron chi connectivity index (χ2n) is 5.24. The standard InChI is InChI=1S/C13H18ClN3O/c1-18-8-9-4-5-17(7-9)12-6-11(14)15-13(16-12)10-2-3-10/h6,9-10H,2-5,7-8H2,1H3. The Kier molecular flexibility index (Phi) is 3.39. The summed E-state index contributed by atoms with van der Waals surface area (Å²) in [6.07, 6.45) is 3.56. The number of hydrogen-bond acceptors (Lipinski definition) is 4. The molecule has 0 aromatic carbocycles. The molecule has 1 aromatic heterocycles. The van der Waals surface area contributed by atoms with E-state index in [1.165, 1.54) is 12.8 Å². The van der Waals surface area contributed by atoms with Gasteiger partial charge in [0.15, 0.2) is 0 Å².